The van der Waals surface area contributed by atoms with Gasteiger partial charge in [0.25, 0.3) is 0 Å². The SMILES string of the molecule is O=C(O)c1ccc2nc(Nc3ccc(Br)cc3F)n(CC3CCO3)c2c1. The van der Waals surface area contributed by atoms with Crippen LogP contribution in [-0.4, -0.2) is 33.3 Å². The van der Waals surface area contributed by atoms with Gasteiger partial charge >= 0.3 is 5.97 Å². The van der Waals surface area contributed by atoms with E-state index in [1.54, 1.807) is 24.3 Å². The Morgan fingerprint density at radius 1 is 1.38 bits per heavy atom. The molecule has 134 valence electrons. The molecule has 2 N–H and O–H groups in total. The fraction of sp³-hybridized carbons (Fsp3) is 0.222. The van der Waals surface area contributed by atoms with E-state index in [0.29, 0.717) is 34.6 Å². The van der Waals surface area contributed by atoms with Gasteiger partial charge in [0.1, 0.15) is 5.82 Å². The van der Waals surface area contributed by atoms with Crippen LogP contribution in [0, 0.1) is 5.82 Å². The normalized spacial score (nSPS) is 16.5. The number of anilines is 2. The maximum absolute atomic E-state index is 14.2. The maximum atomic E-state index is 14.2. The number of imidazole rings is 1. The van der Waals surface area contributed by atoms with E-state index in [2.05, 4.69) is 26.2 Å². The molecule has 3 aromatic rings. The zero-order valence-corrected chi connectivity index (χ0v) is 15.2. The van der Waals surface area contributed by atoms with Gasteiger partial charge in [0.15, 0.2) is 0 Å². The Morgan fingerprint density at radius 3 is 2.85 bits per heavy atom. The van der Waals surface area contributed by atoms with Crippen LogP contribution in [0.4, 0.5) is 16.0 Å². The third kappa shape index (κ3) is 3.17. The summed E-state index contributed by atoms with van der Waals surface area (Å²) in [5, 5.41) is 12.3. The third-order valence-corrected chi connectivity index (χ3v) is 4.85. The van der Waals surface area contributed by atoms with E-state index < -0.39 is 11.8 Å². The number of halogens is 2. The number of carboxylic acid groups (broad SMARTS) is 1. The molecule has 26 heavy (non-hydrogen) atoms. The summed E-state index contributed by atoms with van der Waals surface area (Å²) in [5.74, 6) is -0.976. The van der Waals surface area contributed by atoms with E-state index in [-0.39, 0.29) is 17.4 Å². The largest absolute Gasteiger partial charge is 0.478 e. The van der Waals surface area contributed by atoms with Gasteiger partial charge in [-0.15, -0.1) is 0 Å². The van der Waals surface area contributed by atoms with Crippen LogP contribution in [0.25, 0.3) is 11.0 Å². The van der Waals surface area contributed by atoms with Crippen LogP contribution in [0.2, 0.25) is 0 Å². The van der Waals surface area contributed by atoms with Crippen LogP contribution < -0.4 is 5.32 Å². The minimum Gasteiger partial charge on any atom is -0.478 e. The highest BCUT2D eigenvalue weighted by atomic mass is 79.9. The van der Waals surface area contributed by atoms with E-state index >= 15 is 0 Å². The second kappa shape index (κ2) is 6.69. The molecule has 0 radical (unpaired) electrons. The van der Waals surface area contributed by atoms with Gasteiger partial charge in [-0.25, -0.2) is 14.2 Å². The van der Waals surface area contributed by atoms with Gasteiger partial charge in [0, 0.05) is 11.1 Å². The van der Waals surface area contributed by atoms with Crippen LogP contribution in [0.3, 0.4) is 0 Å². The molecule has 0 aliphatic carbocycles. The van der Waals surface area contributed by atoms with Crippen LogP contribution >= 0.6 is 15.9 Å². The molecule has 8 heteroatoms. The second-order valence-corrected chi connectivity index (χ2v) is 7.00. The number of rotatable bonds is 5. The lowest BCUT2D eigenvalue weighted by Crippen LogP contribution is -2.31. The Kier molecular flexibility index (Phi) is 4.37. The zero-order valence-electron chi connectivity index (χ0n) is 13.6. The molecule has 1 unspecified atom stereocenters. The van der Waals surface area contributed by atoms with E-state index in [1.807, 2.05) is 4.57 Å². The highest BCUT2D eigenvalue weighted by Crippen LogP contribution is 2.28. The number of carbonyl (C=O) groups is 1. The summed E-state index contributed by atoms with van der Waals surface area (Å²) in [6.45, 7) is 1.22. The smallest absolute Gasteiger partial charge is 0.335 e. The summed E-state index contributed by atoms with van der Waals surface area (Å²) in [6, 6.07) is 9.45. The first-order valence-electron chi connectivity index (χ1n) is 8.08. The molecular weight excluding hydrogens is 405 g/mol. The summed E-state index contributed by atoms with van der Waals surface area (Å²) in [4.78, 5) is 15.8. The van der Waals surface area contributed by atoms with Crippen molar-refractivity contribution in [3.8, 4) is 0 Å². The van der Waals surface area contributed by atoms with Gasteiger partial charge in [-0.05, 0) is 42.8 Å². The Balaban J connectivity index is 1.78. The number of hydrogen-bond acceptors (Lipinski definition) is 4. The fourth-order valence-electron chi connectivity index (χ4n) is 2.88. The summed E-state index contributed by atoms with van der Waals surface area (Å²) in [6.07, 6.45) is 0.959. The highest BCUT2D eigenvalue weighted by molar-refractivity contribution is 9.10. The fourth-order valence-corrected chi connectivity index (χ4v) is 3.21. The molecule has 0 amide bonds. The Morgan fingerprint density at radius 2 is 2.19 bits per heavy atom. The summed E-state index contributed by atoms with van der Waals surface area (Å²) in [7, 11) is 0. The van der Waals surface area contributed by atoms with Crippen LogP contribution in [-0.2, 0) is 11.3 Å². The monoisotopic (exact) mass is 419 g/mol. The van der Waals surface area contributed by atoms with Crippen molar-refractivity contribution in [3.63, 3.8) is 0 Å². The number of nitrogens with zero attached hydrogens (tertiary/aromatic N) is 2. The van der Waals surface area contributed by atoms with E-state index in [0.717, 1.165) is 6.42 Å². The third-order valence-electron chi connectivity index (χ3n) is 4.35. The van der Waals surface area contributed by atoms with Crippen molar-refractivity contribution in [2.75, 3.05) is 11.9 Å². The quantitative estimate of drug-likeness (QED) is 0.648. The summed E-state index contributed by atoms with van der Waals surface area (Å²) in [5.41, 5.74) is 1.77. The maximum Gasteiger partial charge on any atom is 0.335 e. The number of fused-ring (bicyclic) bond motifs is 1. The second-order valence-electron chi connectivity index (χ2n) is 6.09. The summed E-state index contributed by atoms with van der Waals surface area (Å²) >= 11 is 3.23. The molecule has 1 aromatic heterocycles. The Hall–Kier alpha value is -2.45. The van der Waals surface area contributed by atoms with Crippen molar-refractivity contribution in [3.05, 3.63) is 52.3 Å². The standard InChI is InChI=1S/C18H15BrFN3O3/c19-11-2-4-14(13(20)8-11)21-18-22-15-3-1-10(17(24)25)7-16(15)23(18)9-12-5-6-26-12/h1-4,7-8,12H,5-6,9H2,(H,21,22)(H,24,25). The molecule has 6 nitrogen and oxygen atoms in total. The molecule has 2 heterocycles. The van der Waals surface area contributed by atoms with Gasteiger partial charge in [-0.2, -0.15) is 0 Å². The van der Waals surface area contributed by atoms with Crippen molar-refractivity contribution >= 4 is 44.6 Å². The molecule has 0 bridgehead atoms. The zero-order chi connectivity index (χ0) is 18.3. The topological polar surface area (TPSA) is 76.4 Å². The van der Waals surface area contributed by atoms with Crippen molar-refractivity contribution in [1.82, 2.24) is 9.55 Å². The summed E-state index contributed by atoms with van der Waals surface area (Å²) < 4.78 is 22.2. The minimum atomic E-state index is -1.01. The van der Waals surface area contributed by atoms with E-state index in [4.69, 9.17) is 4.74 Å². The molecule has 0 spiro atoms. The van der Waals surface area contributed by atoms with Crippen molar-refractivity contribution in [2.24, 2.45) is 0 Å². The molecule has 2 aromatic carbocycles. The first kappa shape index (κ1) is 17.0. The number of ether oxygens (including phenoxy) is 1. The molecule has 1 aliphatic rings. The van der Waals surface area contributed by atoms with Crippen LogP contribution in [0.5, 0.6) is 0 Å². The lowest BCUT2D eigenvalue weighted by molar-refractivity contribution is -0.0583. The number of benzene rings is 2. The van der Waals surface area contributed by atoms with Crippen LogP contribution in [0.1, 0.15) is 16.8 Å². The van der Waals surface area contributed by atoms with Gasteiger partial charge in [0.2, 0.25) is 5.95 Å². The van der Waals surface area contributed by atoms with Gasteiger partial charge < -0.3 is 19.7 Å². The number of nitrogens with one attached hydrogen (secondary N) is 1. The first-order chi connectivity index (χ1) is 12.5. The van der Waals surface area contributed by atoms with E-state index in [1.165, 1.54) is 12.1 Å². The van der Waals surface area contributed by atoms with E-state index in [9.17, 15) is 14.3 Å². The number of hydrogen-bond donors (Lipinski definition) is 2. The minimum absolute atomic E-state index is 0.0381. The molecular formula is C18H15BrFN3O3. The van der Waals surface area contributed by atoms with Gasteiger partial charge in [-0.1, -0.05) is 15.9 Å². The number of carboxylic acids is 1. The average Bonchev–Trinajstić information content (AvgIpc) is 2.90. The van der Waals surface area contributed by atoms with Crippen LogP contribution in [0.15, 0.2) is 40.9 Å². The van der Waals surface area contributed by atoms with Crippen molar-refractivity contribution in [2.45, 2.75) is 19.1 Å². The average molecular weight is 420 g/mol. The number of aromatic carboxylic acids is 1. The van der Waals surface area contributed by atoms with Crippen molar-refractivity contribution < 1.29 is 19.0 Å². The van der Waals surface area contributed by atoms with Gasteiger partial charge in [-0.3, -0.25) is 0 Å². The number of aromatic nitrogens is 2. The molecule has 1 atom stereocenters. The molecule has 1 fully saturated rings. The molecule has 1 saturated heterocycles. The predicted molar refractivity (Wildman–Crippen MR) is 98.4 cm³/mol. The molecule has 1 aliphatic heterocycles. The predicted octanol–water partition coefficient (Wildman–Crippen LogP) is 4.17. The van der Waals surface area contributed by atoms with Crippen molar-refractivity contribution in [1.29, 1.82) is 0 Å². The Labute approximate surface area is 156 Å². The molecule has 0 saturated carbocycles. The molecule has 4 rings (SSSR count). The van der Waals surface area contributed by atoms with Gasteiger partial charge in [0.05, 0.1) is 34.9 Å². The first-order valence-corrected chi connectivity index (χ1v) is 8.88. The highest BCUT2D eigenvalue weighted by Gasteiger charge is 2.23. The Bertz CT molecular complexity index is 1000. The lowest BCUT2D eigenvalue weighted by Gasteiger charge is -2.27. The lowest BCUT2D eigenvalue weighted by atomic mass is 10.1.